The Kier molecular flexibility index (Phi) is 5.42. The van der Waals surface area contributed by atoms with Crippen LogP contribution < -0.4 is 0 Å². The van der Waals surface area contributed by atoms with E-state index in [1.807, 2.05) is 0 Å². The molecule has 1 aromatic carbocycles. The first-order valence-corrected chi connectivity index (χ1v) is 7.63. The van der Waals surface area contributed by atoms with Crippen LogP contribution in [0, 0.1) is 5.82 Å². The Hall–Kier alpha value is -0.640. The van der Waals surface area contributed by atoms with Crippen LogP contribution in [-0.4, -0.2) is 23.9 Å². The van der Waals surface area contributed by atoms with E-state index in [1.54, 1.807) is 19.2 Å². The van der Waals surface area contributed by atoms with Gasteiger partial charge in [-0.05, 0) is 24.5 Å². The van der Waals surface area contributed by atoms with E-state index < -0.39 is 17.5 Å². The summed E-state index contributed by atoms with van der Waals surface area (Å²) in [6.07, 6.45) is 5.82. The molecular weight excluding hydrogens is 279 g/mol. The van der Waals surface area contributed by atoms with Crippen molar-refractivity contribution in [3.8, 4) is 0 Å². The smallest absolute Gasteiger partial charge is 0.142 e. The summed E-state index contributed by atoms with van der Waals surface area (Å²) in [5.74, 6) is -0.441. The van der Waals surface area contributed by atoms with Crippen LogP contribution in [-0.2, 0) is 11.2 Å². The Labute approximate surface area is 124 Å². The zero-order valence-corrected chi connectivity index (χ0v) is 12.6. The Morgan fingerprint density at radius 2 is 1.95 bits per heavy atom. The fraction of sp³-hybridized carbons (Fsp3) is 0.625. The molecule has 1 aliphatic carbocycles. The standard InChI is InChI=1S/C16H22ClFO2/c1-20-16(9-4-2-3-5-10-16)14(19)11-12-7-6-8-13(18)15(12)17/h6-8,14,19H,2-5,9-11H2,1H3. The summed E-state index contributed by atoms with van der Waals surface area (Å²) in [4.78, 5) is 0. The highest BCUT2D eigenvalue weighted by molar-refractivity contribution is 6.31. The van der Waals surface area contributed by atoms with Crippen molar-refractivity contribution in [1.82, 2.24) is 0 Å². The lowest BCUT2D eigenvalue weighted by atomic mass is 9.85. The normalized spacial score (nSPS) is 20.4. The third-order valence-corrected chi connectivity index (χ3v) is 4.83. The summed E-state index contributed by atoms with van der Waals surface area (Å²) in [5, 5.41) is 10.7. The SMILES string of the molecule is COC1(C(O)Cc2cccc(F)c2Cl)CCCCCC1. The number of rotatable bonds is 4. The molecule has 0 bridgehead atoms. The van der Waals surface area contributed by atoms with Gasteiger partial charge in [-0.3, -0.25) is 0 Å². The number of benzene rings is 1. The zero-order chi connectivity index (χ0) is 14.6. The molecule has 0 radical (unpaired) electrons. The molecule has 0 spiro atoms. The fourth-order valence-corrected chi connectivity index (χ4v) is 3.30. The molecule has 1 N–H and O–H groups in total. The number of halogens is 2. The minimum atomic E-state index is -0.662. The van der Waals surface area contributed by atoms with E-state index in [4.69, 9.17) is 16.3 Å². The van der Waals surface area contributed by atoms with Gasteiger partial charge in [-0.25, -0.2) is 4.39 Å². The van der Waals surface area contributed by atoms with E-state index in [1.165, 1.54) is 18.9 Å². The lowest BCUT2D eigenvalue weighted by Crippen LogP contribution is -2.45. The van der Waals surface area contributed by atoms with Crippen LogP contribution in [0.1, 0.15) is 44.1 Å². The molecule has 112 valence electrons. The van der Waals surface area contributed by atoms with Gasteiger partial charge in [0.15, 0.2) is 0 Å². The van der Waals surface area contributed by atoms with Gasteiger partial charge in [0.05, 0.1) is 16.7 Å². The van der Waals surface area contributed by atoms with Crippen molar-refractivity contribution in [2.75, 3.05) is 7.11 Å². The monoisotopic (exact) mass is 300 g/mol. The molecule has 4 heteroatoms. The van der Waals surface area contributed by atoms with Crippen LogP contribution in [0.25, 0.3) is 0 Å². The molecule has 1 saturated carbocycles. The van der Waals surface area contributed by atoms with Gasteiger partial charge >= 0.3 is 0 Å². The predicted molar refractivity (Wildman–Crippen MR) is 78.6 cm³/mol. The first-order chi connectivity index (χ1) is 9.59. The molecule has 2 nitrogen and oxygen atoms in total. The molecule has 0 heterocycles. The second-order valence-corrected chi connectivity index (χ2v) is 5.99. The van der Waals surface area contributed by atoms with E-state index in [-0.39, 0.29) is 5.02 Å². The highest BCUT2D eigenvalue weighted by atomic mass is 35.5. The number of ether oxygens (including phenoxy) is 1. The molecule has 0 amide bonds. The van der Waals surface area contributed by atoms with Crippen LogP contribution >= 0.6 is 11.6 Å². The van der Waals surface area contributed by atoms with Crippen LogP contribution in [0.3, 0.4) is 0 Å². The quantitative estimate of drug-likeness (QED) is 0.848. The van der Waals surface area contributed by atoms with Crippen molar-refractivity contribution >= 4 is 11.6 Å². The molecule has 1 atom stereocenters. The first-order valence-electron chi connectivity index (χ1n) is 7.25. The Morgan fingerprint density at radius 3 is 2.55 bits per heavy atom. The van der Waals surface area contributed by atoms with Crippen molar-refractivity contribution in [3.63, 3.8) is 0 Å². The fourth-order valence-electron chi connectivity index (χ4n) is 3.10. The average molecular weight is 301 g/mol. The van der Waals surface area contributed by atoms with Crippen molar-refractivity contribution in [2.45, 2.75) is 56.7 Å². The van der Waals surface area contributed by atoms with E-state index in [9.17, 15) is 9.50 Å². The van der Waals surface area contributed by atoms with Gasteiger partial charge < -0.3 is 9.84 Å². The minimum Gasteiger partial charge on any atom is -0.390 e. The van der Waals surface area contributed by atoms with Gasteiger partial charge in [-0.1, -0.05) is 49.4 Å². The number of hydrogen-bond acceptors (Lipinski definition) is 2. The van der Waals surface area contributed by atoms with Gasteiger partial charge in [0.2, 0.25) is 0 Å². The average Bonchev–Trinajstić information content (AvgIpc) is 2.70. The van der Waals surface area contributed by atoms with Gasteiger partial charge in [-0.15, -0.1) is 0 Å². The maximum atomic E-state index is 13.5. The number of methoxy groups -OCH3 is 1. The van der Waals surface area contributed by atoms with Crippen LogP contribution in [0.4, 0.5) is 4.39 Å². The summed E-state index contributed by atoms with van der Waals surface area (Å²) in [6.45, 7) is 0. The Bertz CT molecular complexity index is 442. The minimum absolute atomic E-state index is 0.103. The first kappa shape index (κ1) is 15.7. The number of hydrogen-bond donors (Lipinski definition) is 1. The van der Waals surface area contributed by atoms with Crippen molar-refractivity contribution < 1.29 is 14.2 Å². The summed E-state index contributed by atoms with van der Waals surface area (Å²) in [7, 11) is 1.65. The molecule has 20 heavy (non-hydrogen) atoms. The second-order valence-electron chi connectivity index (χ2n) is 5.62. The van der Waals surface area contributed by atoms with Crippen LogP contribution in [0.15, 0.2) is 18.2 Å². The highest BCUT2D eigenvalue weighted by Gasteiger charge is 2.38. The molecule has 1 aliphatic rings. The molecule has 0 aliphatic heterocycles. The van der Waals surface area contributed by atoms with E-state index in [0.29, 0.717) is 12.0 Å². The highest BCUT2D eigenvalue weighted by Crippen LogP contribution is 2.35. The van der Waals surface area contributed by atoms with Gasteiger partial charge in [0.25, 0.3) is 0 Å². The number of aliphatic hydroxyl groups is 1. The lowest BCUT2D eigenvalue weighted by molar-refractivity contribution is -0.111. The van der Waals surface area contributed by atoms with Crippen LogP contribution in [0.2, 0.25) is 5.02 Å². The van der Waals surface area contributed by atoms with Crippen molar-refractivity contribution in [2.24, 2.45) is 0 Å². The summed E-state index contributed by atoms with van der Waals surface area (Å²) in [5.41, 5.74) is 0.117. The Morgan fingerprint density at radius 1 is 1.30 bits per heavy atom. The maximum absolute atomic E-state index is 13.5. The molecule has 1 unspecified atom stereocenters. The summed E-state index contributed by atoms with van der Waals surface area (Å²) >= 11 is 5.97. The molecule has 2 rings (SSSR count). The second kappa shape index (κ2) is 6.88. The molecule has 1 aromatic rings. The summed E-state index contributed by atoms with van der Waals surface area (Å²) < 4.78 is 19.1. The van der Waals surface area contributed by atoms with Crippen LogP contribution in [0.5, 0.6) is 0 Å². The van der Waals surface area contributed by atoms with E-state index in [0.717, 1.165) is 25.7 Å². The molecular formula is C16H22ClFO2. The molecule has 1 fully saturated rings. The largest absolute Gasteiger partial charge is 0.390 e. The van der Waals surface area contributed by atoms with E-state index in [2.05, 4.69) is 0 Å². The van der Waals surface area contributed by atoms with E-state index >= 15 is 0 Å². The Balaban J connectivity index is 2.16. The van der Waals surface area contributed by atoms with Crippen molar-refractivity contribution in [1.29, 1.82) is 0 Å². The van der Waals surface area contributed by atoms with Gasteiger partial charge in [0, 0.05) is 13.5 Å². The maximum Gasteiger partial charge on any atom is 0.142 e. The van der Waals surface area contributed by atoms with Crippen molar-refractivity contribution in [3.05, 3.63) is 34.6 Å². The predicted octanol–water partition coefficient (Wildman–Crippen LogP) is 4.12. The summed E-state index contributed by atoms with van der Waals surface area (Å²) in [6, 6.07) is 4.71. The zero-order valence-electron chi connectivity index (χ0n) is 11.9. The lowest BCUT2D eigenvalue weighted by Gasteiger charge is -2.36. The van der Waals surface area contributed by atoms with Gasteiger partial charge in [0.1, 0.15) is 5.82 Å². The topological polar surface area (TPSA) is 29.5 Å². The third-order valence-electron chi connectivity index (χ3n) is 4.41. The number of aliphatic hydroxyl groups excluding tert-OH is 1. The molecule has 0 saturated heterocycles. The molecule has 0 aromatic heterocycles. The third kappa shape index (κ3) is 3.33. The van der Waals surface area contributed by atoms with Gasteiger partial charge in [-0.2, -0.15) is 0 Å².